The number of carbonyl (C=O) groups is 1. The Labute approximate surface area is 195 Å². The molecular weight excluding hydrogens is 480 g/mol. The van der Waals surface area contributed by atoms with Gasteiger partial charge in [0.2, 0.25) is 0 Å². The molecule has 0 aliphatic carbocycles. The lowest BCUT2D eigenvalue weighted by atomic mass is 10.1. The van der Waals surface area contributed by atoms with E-state index in [9.17, 15) is 4.79 Å². The average Bonchev–Trinajstić information content (AvgIpc) is 2.76. The van der Waals surface area contributed by atoms with E-state index in [4.69, 9.17) is 21.1 Å². The number of rotatable bonds is 8. The van der Waals surface area contributed by atoms with Gasteiger partial charge in [-0.3, -0.25) is 4.79 Å². The van der Waals surface area contributed by atoms with Crippen molar-refractivity contribution in [2.45, 2.75) is 20.5 Å². The molecule has 3 aromatic rings. The van der Waals surface area contributed by atoms with E-state index in [-0.39, 0.29) is 12.5 Å². The molecule has 1 N–H and O–H groups in total. The molecule has 0 bridgehead atoms. The molecule has 3 aromatic carbocycles. The summed E-state index contributed by atoms with van der Waals surface area (Å²) in [6, 6.07) is 19.1. The number of carbonyl (C=O) groups excluding carboxylic acids is 1. The molecule has 0 aromatic heterocycles. The second-order valence-corrected chi connectivity index (χ2v) is 8.20. The standard InChI is InChI=1S/C24H22BrClN2O3/c1-16-10-21(11-17(2)24(16)26)30-15-23(29)28-27-13-19-12-20(25)8-9-22(19)31-14-18-6-4-3-5-7-18/h3-13H,14-15H2,1-2H3,(H,28,29)/b27-13+. The first kappa shape index (κ1) is 22.8. The second-order valence-electron chi connectivity index (χ2n) is 6.91. The maximum absolute atomic E-state index is 12.1. The highest BCUT2D eigenvalue weighted by Crippen LogP contribution is 2.26. The van der Waals surface area contributed by atoms with Gasteiger partial charge in [-0.1, -0.05) is 57.9 Å². The summed E-state index contributed by atoms with van der Waals surface area (Å²) in [5.41, 5.74) is 6.06. The van der Waals surface area contributed by atoms with Crippen molar-refractivity contribution in [3.05, 3.63) is 92.4 Å². The molecule has 0 saturated carbocycles. The number of hydrazone groups is 1. The van der Waals surface area contributed by atoms with Crippen LogP contribution in [0.4, 0.5) is 0 Å². The highest BCUT2D eigenvalue weighted by atomic mass is 79.9. The van der Waals surface area contributed by atoms with E-state index in [2.05, 4.69) is 26.5 Å². The zero-order chi connectivity index (χ0) is 22.2. The summed E-state index contributed by atoms with van der Waals surface area (Å²) >= 11 is 9.60. The quantitative estimate of drug-likeness (QED) is 0.312. The SMILES string of the molecule is Cc1cc(OCC(=O)N/N=C/c2cc(Br)ccc2OCc2ccccc2)cc(C)c1Cl. The van der Waals surface area contributed by atoms with Gasteiger partial charge < -0.3 is 9.47 Å². The Hall–Kier alpha value is -2.83. The third kappa shape index (κ3) is 6.84. The van der Waals surface area contributed by atoms with Gasteiger partial charge in [-0.05, 0) is 60.9 Å². The Morgan fingerprint density at radius 2 is 1.77 bits per heavy atom. The number of aryl methyl sites for hydroxylation is 2. The van der Waals surface area contributed by atoms with Gasteiger partial charge in [0.05, 0.1) is 6.21 Å². The predicted octanol–water partition coefficient (Wildman–Crippen LogP) is 5.83. The predicted molar refractivity (Wildman–Crippen MR) is 127 cm³/mol. The molecule has 0 aliphatic rings. The van der Waals surface area contributed by atoms with Crippen LogP contribution in [-0.4, -0.2) is 18.7 Å². The summed E-state index contributed by atoms with van der Waals surface area (Å²) in [6.07, 6.45) is 1.54. The third-order valence-electron chi connectivity index (χ3n) is 4.38. The van der Waals surface area contributed by atoms with E-state index >= 15 is 0 Å². The minimum absolute atomic E-state index is 0.159. The maximum Gasteiger partial charge on any atom is 0.277 e. The fourth-order valence-corrected chi connectivity index (χ4v) is 3.32. The molecule has 0 heterocycles. The molecule has 1 amide bonds. The van der Waals surface area contributed by atoms with Gasteiger partial charge in [-0.25, -0.2) is 5.43 Å². The number of nitrogens with zero attached hydrogens (tertiary/aromatic N) is 1. The highest BCUT2D eigenvalue weighted by molar-refractivity contribution is 9.10. The molecule has 0 saturated heterocycles. The molecule has 160 valence electrons. The number of benzene rings is 3. The molecule has 0 unspecified atom stereocenters. The molecule has 3 rings (SSSR count). The highest BCUT2D eigenvalue weighted by Gasteiger charge is 2.07. The van der Waals surface area contributed by atoms with E-state index < -0.39 is 0 Å². The number of nitrogens with one attached hydrogen (secondary N) is 1. The number of hydrogen-bond donors (Lipinski definition) is 1. The van der Waals surface area contributed by atoms with Crippen molar-refractivity contribution in [3.8, 4) is 11.5 Å². The Morgan fingerprint density at radius 3 is 2.48 bits per heavy atom. The molecule has 0 atom stereocenters. The summed E-state index contributed by atoms with van der Waals surface area (Å²) in [5, 5.41) is 4.73. The summed E-state index contributed by atoms with van der Waals surface area (Å²) in [5.74, 6) is 0.874. The van der Waals surface area contributed by atoms with Crippen LogP contribution in [-0.2, 0) is 11.4 Å². The largest absolute Gasteiger partial charge is 0.488 e. The smallest absolute Gasteiger partial charge is 0.277 e. The van der Waals surface area contributed by atoms with Gasteiger partial charge in [0, 0.05) is 15.1 Å². The van der Waals surface area contributed by atoms with E-state index in [1.54, 1.807) is 18.3 Å². The van der Waals surface area contributed by atoms with Gasteiger partial charge >= 0.3 is 0 Å². The summed E-state index contributed by atoms with van der Waals surface area (Å²) in [4.78, 5) is 12.1. The van der Waals surface area contributed by atoms with Crippen LogP contribution in [0.2, 0.25) is 5.02 Å². The third-order valence-corrected chi connectivity index (χ3v) is 5.47. The Morgan fingerprint density at radius 1 is 1.06 bits per heavy atom. The molecule has 0 fully saturated rings. The van der Waals surface area contributed by atoms with Crippen LogP contribution >= 0.6 is 27.5 Å². The van der Waals surface area contributed by atoms with E-state index in [0.717, 1.165) is 26.7 Å². The first-order valence-corrected chi connectivity index (χ1v) is 10.8. The lowest BCUT2D eigenvalue weighted by molar-refractivity contribution is -0.123. The van der Waals surface area contributed by atoms with Crippen molar-refractivity contribution in [2.24, 2.45) is 5.10 Å². The zero-order valence-corrected chi connectivity index (χ0v) is 19.5. The first-order valence-electron chi connectivity index (χ1n) is 9.60. The van der Waals surface area contributed by atoms with Crippen molar-refractivity contribution >= 4 is 39.7 Å². The number of hydrogen-bond acceptors (Lipinski definition) is 4. The van der Waals surface area contributed by atoms with Gasteiger partial charge in [0.1, 0.15) is 18.1 Å². The average molecular weight is 502 g/mol. The fourth-order valence-electron chi connectivity index (χ4n) is 2.83. The first-order chi connectivity index (χ1) is 14.9. The van der Waals surface area contributed by atoms with E-state index in [1.807, 2.05) is 62.4 Å². The number of amides is 1. The van der Waals surface area contributed by atoms with Gasteiger partial charge in [0.15, 0.2) is 6.61 Å². The van der Waals surface area contributed by atoms with Crippen molar-refractivity contribution < 1.29 is 14.3 Å². The number of ether oxygens (including phenoxy) is 2. The molecule has 0 radical (unpaired) electrons. The molecule has 31 heavy (non-hydrogen) atoms. The lowest BCUT2D eigenvalue weighted by Crippen LogP contribution is -2.24. The van der Waals surface area contributed by atoms with Crippen LogP contribution in [0.15, 0.2) is 70.2 Å². The number of halogens is 2. The van der Waals surface area contributed by atoms with Crippen LogP contribution in [0.3, 0.4) is 0 Å². The molecular formula is C24H22BrClN2O3. The normalized spacial score (nSPS) is 10.8. The van der Waals surface area contributed by atoms with Crippen molar-refractivity contribution in [2.75, 3.05) is 6.61 Å². The van der Waals surface area contributed by atoms with Crippen LogP contribution < -0.4 is 14.9 Å². The Kier molecular flexibility index (Phi) is 8.09. The monoisotopic (exact) mass is 500 g/mol. The van der Waals surface area contributed by atoms with Crippen LogP contribution in [0.1, 0.15) is 22.3 Å². The van der Waals surface area contributed by atoms with E-state index in [1.165, 1.54) is 0 Å². The Balaban J connectivity index is 1.57. The van der Waals surface area contributed by atoms with Crippen molar-refractivity contribution in [3.63, 3.8) is 0 Å². The molecule has 0 spiro atoms. The summed E-state index contributed by atoms with van der Waals surface area (Å²) in [7, 11) is 0. The van der Waals surface area contributed by atoms with Gasteiger partial charge in [-0.2, -0.15) is 5.10 Å². The topological polar surface area (TPSA) is 59.9 Å². The summed E-state index contributed by atoms with van der Waals surface area (Å²) < 4.78 is 12.3. The Bertz CT molecular complexity index is 1060. The molecule has 5 nitrogen and oxygen atoms in total. The van der Waals surface area contributed by atoms with Crippen LogP contribution in [0.25, 0.3) is 0 Å². The summed E-state index contributed by atoms with van der Waals surface area (Å²) in [6.45, 7) is 4.06. The van der Waals surface area contributed by atoms with Gasteiger partial charge in [0.25, 0.3) is 5.91 Å². The van der Waals surface area contributed by atoms with Crippen LogP contribution in [0, 0.1) is 13.8 Å². The second kappa shape index (κ2) is 11.0. The maximum atomic E-state index is 12.1. The van der Waals surface area contributed by atoms with Gasteiger partial charge in [-0.15, -0.1) is 0 Å². The fraction of sp³-hybridized carbons (Fsp3) is 0.167. The van der Waals surface area contributed by atoms with Crippen LogP contribution in [0.5, 0.6) is 11.5 Å². The lowest BCUT2D eigenvalue weighted by Gasteiger charge is -2.10. The van der Waals surface area contributed by atoms with E-state index in [0.29, 0.717) is 23.1 Å². The minimum Gasteiger partial charge on any atom is -0.488 e. The van der Waals surface area contributed by atoms with Crippen molar-refractivity contribution in [1.82, 2.24) is 5.43 Å². The minimum atomic E-state index is -0.372. The molecule has 0 aliphatic heterocycles. The molecule has 7 heteroatoms. The van der Waals surface area contributed by atoms with Crippen molar-refractivity contribution in [1.29, 1.82) is 0 Å². The zero-order valence-electron chi connectivity index (χ0n) is 17.2.